The van der Waals surface area contributed by atoms with E-state index in [1.54, 1.807) is 24.3 Å². The zero-order valence-corrected chi connectivity index (χ0v) is 27.2. The van der Waals surface area contributed by atoms with Gasteiger partial charge in [-0.25, -0.2) is 22.5 Å². The second kappa shape index (κ2) is 14.9. The van der Waals surface area contributed by atoms with Crippen LogP contribution in [0.4, 0.5) is 4.39 Å². The van der Waals surface area contributed by atoms with Crippen molar-refractivity contribution in [2.75, 3.05) is 6.54 Å². The van der Waals surface area contributed by atoms with Crippen LogP contribution in [-0.2, 0) is 26.0 Å². The number of aromatic nitrogens is 1. The van der Waals surface area contributed by atoms with E-state index in [9.17, 15) is 22.4 Å². The third-order valence-electron chi connectivity index (χ3n) is 9.78. The minimum atomic E-state index is -4.03. The van der Waals surface area contributed by atoms with E-state index in [-0.39, 0.29) is 40.5 Å². The lowest BCUT2D eigenvalue weighted by molar-refractivity contribution is -0.114. The highest BCUT2D eigenvalue weighted by Crippen LogP contribution is 2.50. The van der Waals surface area contributed by atoms with E-state index in [2.05, 4.69) is 10.3 Å². The molecule has 11 heteroatoms. The van der Waals surface area contributed by atoms with Crippen molar-refractivity contribution in [3.63, 3.8) is 0 Å². The fourth-order valence-corrected chi connectivity index (χ4v) is 8.37. The van der Waals surface area contributed by atoms with Crippen molar-refractivity contribution < 1.29 is 31.6 Å². The molecule has 2 amide bonds. The Hall–Kier alpha value is -3.83. The fraction of sp³-hybridized carbons (Fsp3) is 0.472. The second-order valence-corrected chi connectivity index (χ2v) is 14.7. The number of sulfonamides is 1. The lowest BCUT2D eigenvalue weighted by Crippen LogP contribution is -2.29. The summed E-state index contributed by atoms with van der Waals surface area (Å²) in [6.45, 7) is 0.597. The monoisotopic (exact) mass is 663 g/mol. The van der Waals surface area contributed by atoms with Crippen LogP contribution in [-0.4, -0.2) is 44.0 Å². The molecule has 2 saturated heterocycles. The Morgan fingerprint density at radius 3 is 2.57 bits per heavy atom. The van der Waals surface area contributed by atoms with Gasteiger partial charge in [-0.05, 0) is 73.1 Å². The van der Waals surface area contributed by atoms with Gasteiger partial charge in [0.2, 0.25) is 5.89 Å². The summed E-state index contributed by atoms with van der Waals surface area (Å²) >= 11 is 0. The summed E-state index contributed by atoms with van der Waals surface area (Å²) in [4.78, 5) is 30.0. The summed E-state index contributed by atoms with van der Waals surface area (Å²) in [5.41, 5.74) is 1.46. The highest BCUT2D eigenvalue weighted by atomic mass is 32.2. The number of rotatable bonds is 13. The topological polar surface area (TPSA) is 128 Å². The number of oxazole rings is 1. The van der Waals surface area contributed by atoms with Crippen LogP contribution in [0.5, 0.6) is 0 Å². The number of nitrogens with zero attached hydrogens (tertiary/aromatic N) is 1. The van der Waals surface area contributed by atoms with Crippen molar-refractivity contribution in [1.82, 2.24) is 15.0 Å². The van der Waals surface area contributed by atoms with Crippen LogP contribution in [0.25, 0.3) is 6.08 Å². The number of hydrogen-bond donors (Lipinski definition) is 2. The second-order valence-electron chi connectivity index (χ2n) is 13.0. The van der Waals surface area contributed by atoms with Gasteiger partial charge < -0.3 is 14.5 Å². The van der Waals surface area contributed by atoms with E-state index in [1.165, 1.54) is 75.1 Å². The predicted octanol–water partition coefficient (Wildman–Crippen LogP) is 6.32. The van der Waals surface area contributed by atoms with Crippen LogP contribution in [0.2, 0.25) is 0 Å². The highest BCUT2D eigenvalue weighted by molar-refractivity contribution is 7.90. The average Bonchev–Trinajstić information content (AvgIpc) is 3.82. The molecule has 2 N–H and O–H groups in total. The highest BCUT2D eigenvalue weighted by Gasteiger charge is 2.51. The number of unbranched alkanes of at least 4 members (excludes halogenated alkanes) is 1. The number of fused-ring (bicyclic) bond motifs is 2. The Bertz CT molecular complexity index is 1690. The molecule has 3 heterocycles. The Morgan fingerprint density at radius 1 is 0.979 bits per heavy atom. The Kier molecular flexibility index (Phi) is 10.5. The molecule has 47 heavy (non-hydrogen) atoms. The third-order valence-corrected chi connectivity index (χ3v) is 11.1. The summed E-state index contributed by atoms with van der Waals surface area (Å²) in [5.74, 6) is -0.554. The van der Waals surface area contributed by atoms with Crippen molar-refractivity contribution in [2.24, 2.45) is 11.8 Å². The molecule has 0 radical (unpaired) electrons. The number of carbonyl (C=O) groups excluding carboxylic acids is 2. The largest absolute Gasteiger partial charge is 0.448 e. The van der Waals surface area contributed by atoms with Gasteiger partial charge in [0.05, 0.1) is 23.0 Å². The van der Waals surface area contributed by atoms with Crippen LogP contribution < -0.4 is 10.0 Å². The lowest BCUT2D eigenvalue weighted by Gasteiger charge is -2.26. The average molecular weight is 664 g/mol. The molecule has 2 unspecified atom stereocenters. The van der Waals surface area contributed by atoms with Gasteiger partial charge in [-0.3, -0.25) is 9.59 Å². The van der Waals surface area contributed by atoms with Crippen LogP contribution in [0.15, 0.2) is 70.2 Å². The summed E-state index contributed by atoms with van der Waals surface area (Å²) < 4.78 is 53.7. The van der Waals surface area contributed by atoms with Gasteiger partial charge in [0.15, 0.2) is 5.69 Å². The molecule has 3 fully saturated rings. The van der Waals surface area contributed by atoms with Crippen molar-refractivity contribution >= 4 is 27.9 Å². The maximum Gasteiger partial charge on any atom is 0.273 e. The molecule has 6 rings (SSSR count). The molecule has 1 saturated carbocycles. The minimum absolute atomic E-state index is 0.0245. The van der Waals surface area contributed by atoms with Gasteiger partial charge in [-0.1, -0.05) is 69.2 Å². The van der Waals surface area contributed by atoms with Gasteiger partial charge in [0.1, 0.15) is 12.1 Å². The Balaban J connectivity index is 1.09. The van der Waals surface area contributed by atoms with Gasteiger partial charge >= 0.3 is 0 Å². The molecule has 250 valence electrons. The molecule has 2 bridgehead atoms. The van der Waals surface area contributed by atoms with E-state index in [0.717, 1.165) is 37.7 Å². The smallest absolute Gasteiger partial charge is 0.273 e. The Labute approximate surface area is 275 Å². The van der Waals surface area contributed by atoms with Crippen LogP contribution in [0.1, 0.15) is 97.6 Å². The van der Waals surface area contributed by atoms with Gasteiger partial charge in [0.25, 0.3) is 21.8 Å². The van der Waals surface area contributed by atoms with Crippen LogP contribution in [0, 0.1) is 17.7 Å². The quantitative estimate of drug-likeness (QED) is 0.162. The molecule has 2 aromatic carbocycles. The summed E-state index contributed by atoms with van der Waals surface area (Å²) in [7, 11) is -4.03. The first-order valence-electron chi connectivity index (χ1n) is 16.7. The normalized spacial score (nSPS) is 22.9. The molecule has 1 aliphatic carbocycles. The third kappa shape index (κ3) is 8.19. The lowest BCUT2D eigenvalue weighted by atomic mass is 9.75. The first-order valence-corrected chi connectivity index (χ1v) is 18.2. The maximum atomic E-state index is 14.5. The molecule has 2 aliphatic heterocycles. The predicted molar refractivity (Wildman–Crippen MR) is 174 cm³/mol. The number of hydrogen-bond acceptors (Lipinski definition) is 7. The number of amides is 2. The van der Waals surface area contributed by atoms with Crippen molar-refractivity contribution in [3.05, 3.63) is 89.4 Å². The summed E-state index contributed by atoms with van der Waals surface area (Å²) in [5, 5.41) is 2.97. The number of benzene rings is 2. The molecular formula is C36H42FN3O6S. The molecular weight excluding hydrogens is 621 g/mol. The minimum Gasteiger partial charge on any atom is -0.448 e. The molecule has 1 aromatic heterocycles. The molecule has 0 spiro atoms. The van der Waals surface area contributed by atoms with Gasteiger partial charge in [0, 0.05) is 18.5 Å². The van der Waals surface area contributed by atoms with E-state index < -0.39 is 21.7 Å². The summed E-state index contributed by atoms with van der Waals surface area (Å²) in [6, 6.07) is 11.9. The SMILES string of the molecule is O=C(/C=C/c1ccc(F)cc1C[C@@H]1C(c2nc(C(=O)NCCCCC3CCCCC3)co2)C2CC[C@H]1O2)NS(=O)(=O)c1ccccc1. The van der Waals surface area contributed by atoms with Crippen LogP contribution >= 0.6 is 0 Å². The number of carbonyl (C=O) groups is 2. The zero-order valence-electron chi connectivity index (χ0n) is 26.4. The molecule has 3 aliphatic rings. The number of ether oxygens (including phenoxy) is 1. The van der Waals surface area contributed by atoms with Gasteiger partial charge in [-0.15, -0.1) is 0 Å². The van der Waals surface area contributed by atoms with Gasteiger partial charge in [-0.2, -0.15) is 0 Å². The maximum absolute atomic E-state index is 14.5. The van der Waals surface area contributed by atoms with E-state index >= 15 is 0 Å². The molecule has 3 aromatic rings. The fourth-order valence-electron chi connectivity index (χ4n) is 7.41. The number of halogens is 1. The Morgan fingerprint density at radius 2 is 1.77 bits per heavy atom. The number of nitrogens with one attached hydrogen (secondary N) is 2. The van der Waals surface area contributed by atoms with E-state index in [0.29, 0.717) is 30.0 Å². The standard InChI is InChI=1S/C36H42FN3O6S/c37-27-16-14-25(15-19-33(41)40-47(43,44)28-12-5-2-6-13-28)26(21-27)22-29-31-17-18-32(46-31)34(29)36-39-30(23-45-36)35(42)38-20-8-7-11-24-9-3-1-4-10-24/h2,5-6,12-16,19,21,23-24,29,31-32,34H,1,3-4,7-11,17-18,20,22H2,(H,38,42)(H,40,41)/b19-15+/t29-,31+,32?,34?/m0/s1. The first kappa shape index (κ1) is 33.1. The molecule has 9 nitrogen and oxygen atoms in total. The molecule has 4 atom stereocenters. The zero-order chi connectivity index (χ0) is 32.8. The van der Waals surface area contributed by atoms with Crippen molar-refractivity contribution in [1.29, 1.82) is 0 Å². The van der Waals surface area contributed by atoms with Crippen LogP contribution in [0.3, 0.4) is 0 Å². The first-order chi connectivity index (χ1) is 22.8. The van der Waals surface area contributed by atoms with E-state index in [1.807, 2.05) is 4.72 Å². The van der Waals surface area contributed by atoms with E-state index in [4.69, 9.17) is 9.15 Å². The van der Waals surface area contributed by atoms with Crippen molar-refractivity contribution in [3.8, 4) is 0 Å². The summed E-state index contributed by atoms with van der Waals surface area (Å²) in [6.07, 6.45) is 15.9. The van der Waals surface area contributed by atoms with Crippen molar-refractivity contribution in [2.45, 2.75) is 93.7 Å².